The van der Waals surface area contributed by atoms with Crippen molar-refractivity contribution in [2.24, 2.45) is 5.11 Å². The number of nitrogens with zero attached hydrogens (tertiary/aromatic N) is 3. The Hall–Kier alpha value is -2.50. The molecular formula is C21H27N3O7S. The Morgan fingerprint density at radius 2 is 1.59 bits per heavy atom. The van der Waals surface area contributed by atoms with Gasteiger partial charge in [-0.1, -0.05) is 65.8 Å². The van der Waals surface area contributed by atoms with E-state index in [1.807, 2.05) is 36.4 Å². The summed E-state index contributed by atoms with van der Waals surface area (Å²) in [5, 5.41) is 24.2. The number of hydrogen-bond acceptors (Lipinski definition) is 8. The average molecular weight is 466 g/mol. The molecule has 0 radical (unpaired) electrons. The van der Waals surface area contributed by atoms with Gasteiger partial charge in [0.2, 0.25) is 0 Å². The van der Waals surface area contributed by atoms with Crippen molar-refractivity contribution >= 4 is 10.1 Å². The van der Waals surface area contributed by atoms with Crippen LogP contribution in [-0.4, -0.2) is 62.5 Å². The van der Waals surface area contributed by atoms with Crippen LogP contribution in [0, 0.1) is 0 Å². The van der Waals surface area contributed by atoms with Crippen molar-refractivity contribution in [1.82, 2.24) is 0 Å². The second-order valence-electron chi connectivity index (χ2n) is 7.05. The van der Waals surface area contributed by atoms with E-state index in [1.54, 1.807) is 24.3 Å². The molecule has 174 valence electrons. The molecule has 0 aliphatic rings. The fourth-order valence-electron chi connectivity index (χ4n) is 2.96. The van der Waals surface area contributed by atoms with Gasteiger partial charge in [-0.3, -0.25) is 4.18 Å². The lowest BCUT2D eigenvalue weighted by Gasteiger charge is -2.32. The molecule has 0 saturated carbocycles. The maximum atomic E-state index is 11.6. The monoisotopic (exact) mass is 465 g/mol. The van der Waals surface area contributed by atoms with Crippen LogP contribution in [0.1, 0.15) is 11.1 Å². The van der Waals surface area contributed by atoms with E-state index in [9.17, 15) is 18.6 Å². The van der Waals surface area contributed by atoms with Crippen LogP contribution in [0.5, 0.6) is 0 Å². The highest BCUT2D eigenvalue weighted by molar-refractivity contribution is 7.86. The molecule has 0 aliphatic heterocycles. The molecule has 0 aromatic heterocycles. The van der Waals surface area contributed by atoms with E-state index in [-0.39, 0.29) is 19.8 Å². The highest BCUT2D eigenvalue weighted by atomic mass is 32.2. The molecule has 0 amide bonds. The van der Waals surface area contributed by atoms with E-state index in [1.165, 1.54) is 0 Å². The van der Waals surface area contributed by atoms with Gasteiger partial charge in [-0.2, -0.15) is 8.42 Å². The zero-order valence-electron chi connectivity index (χ0n) is 17.6. The molecule has 0 aliphatic carbocycles. The summed E-state index contributed by atoms with van der Waals surface area (Å²) in [4.78, 5) is 2.75. The molecule has 2 aromatic carbocycles. The summed E-state index contributed by atoms with van der Waals surface area (Å²) in [5.41, 5.74) is 10.6. The van der Waals surface area contributed by atoms with E-state index in [0.717, 1.165) is 17.4 Å². The van der Waals surface area contributed by atoms with Crippen molar-refractivity contribution in [3.8, 4) is 0 Å². The van der Waals surface area contributed by atoms with Gasteiger partial charge in [0.05, 0.1) is 44.8 Å². The summed E-state index contributed by atoms with van der Waals surface area (Å²) >= 11 is 0. The maximum absolute atomic E-state index is 11.6. The van der Waals surface area contributed by atoms with Crippen molar-refractivity contribution in [1.29, 1.82) is 0 Å². The fourth-order valence-corrected chi connectivity index (χ4v) is 3.58. The molecule has 2 N–H and O–H groups in total. The van der Waals surface area contributed by atoms with Crippen LogP contribution >= 0.6 is 0 Å². The Balaban J connectivity index is 2.16. The number of azide groups is 1. The topological polar surface area (TPSA) is 151 Å². The third-order valence-electron chi connectivity index (χ3n) is 4.46. The number of aliphatic hydroxyl groups excluding tert-OH is 2. The van der Waals surface area contributed by atoms with Crippen molar-refractivity contribution in [2.75, 3.05) is 19.5 Å². The molecule has 0 heterocycles. The zero-order chi connectivity index (χ0) is 23.4. The van der Waals surface area contributed by atoms with Gasteiger partial charge >= 0.3 is 0 Å². The normalized spacial score (nSPS) is 15.3. The van der Waals surface area contributed by atoms with Gasteiger partial charge in [0.15, 0.2) is 0 Å². The predicted molar refractivity (Wildman–Crippen MR) is 117 cm³/mol. The summed E-state index contributed by atoms with van der Waals surface area (Å²) in [7, 11) is -3.97. The quantitative estimate of drug-likeness (QED) is 0.188. The molecule has 0 fully saturated rings. The zero-order valence-corrected chi connectivity index (χ0v) is 18.4. The highest BCUT2D eigenvalue weighted by Crippen LogP contribution is 2.19. The molecule has 0 bridgehead atoms. The molecule has 32 heavy (non-hydrogen) atoms. The number of aliphatic hydroxyl groups is 2. The minimum atomic E-state index is -3.97. The first-order valence-corrected chi connectivity index (χ1v) is 11.6. The van der Waals surface area contributed by atoms with Gasteiger partial charge in [-0.25, -0.2) is 0 Å². The first-order valence-electron chi connectivity index (χ1n) is 9.82. The van der Waals surface area contributed by atoms with Crippen molar-refractivity contribution in [3.63, 3.8) is 0 Å². The summed E-state index contributed by atoms with van der Waals surface area (Å²) in [6, 6.07) is 17.1. The average Bonchev–Trinajstić information content (AvgIpc) is 2.78. The third kappa shape index (κ3) is 8.93. The maximum Gasteiger partial charge on any atom is 0.264 e. The van der Waals surface area contributed by atoms with Gasteiger partial charge in [0, 0.05) is 4.91 Å². The van der Waals surface area contributed by atoms with Crippen LogP contribution in [0.3, 0.4) is 0 Å². The number of ether oxygens (including phenoxy) is 2. The molecule has 11 heteroatoms. The molecule has 0 unspecified atom stereocenters. The Labute approximate surface area is 187 Å². The van der Waals surface area contributed by atoms with E-state index in [4.69, 9.17) is 19.2 Å². The number of rotatable bonds is 14. The van der Waals surface area contributed by atoms with Gasteiger partial charge in [0.1, 0.15) is 12.2 Å². The minimum Gasteiger partial charge on any atom is -0.394 e. The van der Waals surface area contributed by atoms with E-state index >= 15 is 0 Å². The lowest BCUT2D eigenvalue weighted by atomic mass is 10.0. The van der Waals surface area contributed by atoms with Crippen LogP contribution in [-0.2, 0) is 37.0 Å². The summed E-state index contributed by atoms with van der Waals surface area (Å²) in [6.07, 6.45) is -3.45. The van der Waals surface area contributed by atoms with E-state index in [2.05, 4.69) is 10.0 Å². The predicted octanol–water partition coefficient (Wildman–Crippen LogP) is 2.17. The molecule has 10 nitrogen and oxygen atoms in total. The minimum absolute atomic E-state index is 0.0000485. The van der Waals surface area contributed by atoms with Gasteiger partial charge in [-0.05, 0) is 16.7 Å². The summed E-state index contributed by atoms with van der Waals surface area (Å²) in [5.74, 6) is 0. The van der Waals surface area contributed by atoms with Crippen LogP contribution in [0.15, 0.2) is 65.8 Å². The molecule has 2 aromatic rings. The largest absolute Gasteiger partial charge is 0.394 e. The van der Waals surface area contributed by atoms with Crippen LogP contribution in [0.4, 0.5) is 0 Å². The third-order valence-corrected chi connectivity index (χ3v) is 5.06. The van der Waals surface area contributed by atoms with Crippen LogP contribution in [0.2, 0.25) is 0 Å². The molecule has 0 saturated heterocycles. The molecular weight excluding hydrogens is 438 g/mol. The second kappa shape index (κ2) is 13.1. The molecule has 2 rings (SSSR count). The summed E-state index contributed by atoms with van der Waals surface area (Å²) < 4.78 is 39.5. The van der Waals surface area contributed by atoms with Crippen molar-refractivity contribution in [3.05, 3.63) is 82.2 Å². The van der Waals surface area contributed by atoms with Crippen molar-refractivity contribution in [2.45, 2.75) is 37.6 Å². The fraction of sp³-hybridized carbons (Fsp3) is 0.429. The second-order valence-corrected chi connectivity index (χ2v) is 8.65. The standard InChI is InChI=1S/C21H27N3O7S/c1-32(27,28)31-19(12-25)21(30-14-17-10-6-3-7-11-17)20(26)18(23-24-22)15-29-13-16-8-4-2-5-9-16/h2-11,18-21,25-26H,12-15H2,1H3/t18-,19+,20-,21+/m1/s1. The van der Waals surface area contributed by atoms with Gasteiger partial charge < -0.3 is 19.7 Å². The van der Waals surface area contributed by atoms with Crippen LogP contribution < -0.4 is 0 Å². The Morgan fingerprint density at radius 3 is 2.09 bits per heavy atom. The van der Waals surface area contributed by atoms with E-state index < -0.39 is 41.1 Å². The Kier molecular flexibility index (Phi) is 10.6. The lowest BCUT2D eigenvalue weighted by molar-refractivity contribution is -0.120. The first kappa shape index (κ1) is 25.8. The van der Waals surface area contributed by atoms with Gasteiger partial charge in [0.25, 0.3) is 10.1 Å². The van der Waals surface area contributed by atoms with Crippen molar-refractivity contribution < 1.29 is 32.3 Å². The Morgan fingerprint density at radius 1 is 1.03 bits per heavy atom. The lowest BCUT2D eigenvalue weighted by Crippen LogP contribution is -2.49. The summed E-state index contributed by atoms with van der Waals surface area (Å²) in [6.45, 7) is -0.705. The van der Waals surface area contributed by atoms with E-state index in [0.29, 0.717) is 0 Å². The number of hydrogen-bond donors (Lipinski definition) is 2. The first-order chi connectivity index (χ1) is 15.3. The molecule has 4 atom stereocenters. The SMILES string of the molecule is CS(=O)(=O)O[C@@H](CO)[C@H](OCc1ccccc1)[C@H](O)[C@@H](COCc1ccccc1)N=[N+]=[N-]. The highest BCUT2D eigenvalue weighted by Gasteiger charge is 2.37. The number of benzene rings is 2. The van der Waals surface area contributed by atoms with Gasteiger partial charge in [-0.15, -0.1) is 0 Å². The van der Waals surface area contributed by atoms with Crippen LogP contribution in [0.25, 0.3) is 10.4 Å². The molecule has 0 spiro atoms. The Bertz CT molecular complexity index is 954. The smallest absolute Gasteiger partial charge is 0.264 e.